The highest BCUT2D eigenvalue weighted by molar-refractivity contribution is 6.00. The van der Waals surface area contributed by atoms with Crippen LogP contribution in [-0.2, 0) is 4.79 Å². The van der Waals surface area contributed by atoms with E-state index in [0.717, 1.165) is 59.2 Å². The van der Waals surface area contributed by atoms with E-state index >= 15 is 0 Å². The van der Waals surface area contributed by atoms with Crippen LogP contribution < -0.4 is 5.32 Å². The molecule has 0 radical (unpaired) electrons. The quantitative estimate of drug-likeness (QED) is 0.442. The van der Waals surface area contributed by atoms with E-state index in [1.807, 2.05) is 18.2 Å². The highest BCUT2D eigenvalue weighted by atomic mass is 16.1. The molecule has 0 aliphatic heterocycles. The first kappa shape index (κ1) is 17.0. The zero-order valence-electron chi connectivity index (χ0n) is 16.0. The first-order chi connectivity index (χ1) is 13.7. The number of aryl methyl sites for hydroxylation is 1. The number of nitrogens with zero attached hydrogens (tertiary/aromatic N) is 1. The minimum absolute atomic E-state index is 0.144. The summed E-state index contributed by atoms with van der Waals surface area (Å²) >= 11 is 0. The molecule has 1 amide bonds. The van der Waals surface area contributed by atoms with Crippen LogP contribution in [0.15, 0.2) is 42.5 Å². The molecule has 0 atom stereocenters. The molecule has 5 heteroatoms. The summed E-state index contributed by atoms with van der Waals surface area (Å²) in [7, 11) is 0. The third-order valence-corrected chi connectivity index (χ3v) is 5.84. The van der Waals surface area contributed by atoms with Crippen molar-refractivity contribution in [3.63, 3.8) is 0 Å². The van der Waals surface area contributed by atoms with Crippen molar-refractivity contribution in [3.8, 4) is 11.4 Å². The molecule has 5 rings (SSSR count). The molecule has 4 aromatic rings. The highest BCUT2D eigenvalue weighted by Gasteiger charge is 2.21. The molecule has 2 heterocycles. The van der Waals surface area contributed by atoms with E-state index < -0.39 is 0 Å². The molecule has 2 aromatic carbocycles. The van der Waals surface area contributed by atoms with Crippen LogP contribution in [0.1, 0.15) is 37.7 Å². The van der Waals surface area contributed by atoms with Crippen molar-refractivity contribution < 1.29 is 4.79 Å². The van der Waals surface area contributed by atoms with Gasteiger partial charge < -0.3 is 10.3 Å². The average molecular weight is 372 g/mol. The van der Waals surface area contributed by atoms with E-state index in [1.54, 1.807) is 0 Å². The number of fused-ring (bicyclic) bond motifs is 2. The van der Waals surface area contributed by atoms with Gasteiger partial charge in [-0.05, 0) is 55.7 Å². The minimum Gasteiger partial charge on any atom is -0.353 e. The number of amides is 1. The van der Waals surface area contributed by atoms with Gasteiger partial charge in [0.05, 0.1) is 11.2 Å². The van der Waals surface area contributed by atoms with Gasteiger partial charge >= 0.3 is 0 Å². The van der Waals surface area contributed by atoms with Crippen molar-refractivity contribution in [2.24, 2.45) is 5.92 Å². The third-order valence-electron chi connectivity index (χ3n) is 5.84. The number of benzene rings is 2. The molecule has 3 N–H and O–H groups in total. The van der Waals surface area contributed by atoms with Crippen molar-refractivity contribution in [1.29, 1.82) is 0 Å². The predicted molar refractivity (Wildman–Crippen MR) is 113 cm³/mol. The lowest BCUT2D eigenvalue weighted by Crippen LogP contribution is -2.24. The molecule has 142 valence electrons. The van der Waals surface area contributed by atoms with Crippen LogP contribution in [0.4, 0.5) is 5.69 Å². The summed E-state index contributed by atoms with van der Waals surface area (Å²) in [5.74, 6) is 0.287. The predicted octanol–water partition coefficient (Wildman–Crippen LogP) is 5.54. The Hall–Kier alpha value is -3.08. The van der Waals surface area contributed by atoms with E-state index in [-0.39, 0.29) is 11.8 Å². The molecule has 0 spiro atoms. The Morgan fingerprint density at radius 2 is 1.89 bits per heavy atom. The Balaban J connectivity index is 1.48. The van der Waals surface area contributed by atoms with Gasteiger partial charge in [0.1, 0.15) is 5.69 Å². The standard InChI is InChI=1S/C23H24N4O/c1-14-7-8-16-12-21(25-20(16)11-14)22-18-13-17(9-10-19(18)26-27-22)24-23(28)15-5-3-2-4-6-15/h7-13,15,25H,2-6H2,1H3,(H,24,28)(H,26,27). The number of nitrogens with one attached hydrogen (secondary N) is 3. The number of hydrogen-bond donors (Lipinski definition) is 3. The van der Waals surface area contributed by atoms with E-state index in [9.17, 15) is 4.79 Å². The van der Waals surface area contributed by atoms with Crippen molar-refractivity contribution in [1.82, 2.24) is 15.2 Å². The third kappa shape index (κ3) is 3.07. The monoisotopic (exact) mass is 372 g/mol. The summed E-state index contributed by atoms with van der Waals surface area (Å²) in [5.41, 5.74) is 5.96. The van der Waals surface area contributed by atoms with E-state index in [1.165, 1.54) is 17.4 Å². The van der Waals surface area contributed by atoms with E-state index in [4.69, 9.17) is 0 Å². The molecule has 28 heavy (non-hydrogen) atoms. The maximum Gasteiger partial charge on any atom is 0.227 e. The Bertz CT molecular complexity index is 1160. The van der Waals surface area contributed by atoms with Crippen LogP contribution in [0.2, 0.25) is 0 Å². The first-order valence-electron chi connectivity index (χ1n) is 10.1. The first-order valence-corrected chi connectivity index (χ1v) is 10.1. The van der Waals surface area contributed by atoms with Crippen LogP contribution in [-0.4, -0.2) is 21.1 Å². The molecule has 0 bridgehead atoms. The number of aromatic amines is 2. The van der Waals surface area contributed by atoms with Gasteiger partial charge in [-0.25, -0.2) is 0 Å². The van der Waals surface area contributed by atoms with Gasteiger partial charge in [0.15, 0.2) is 0 Å². The van der Waals surface area contributed by atoms with Crippen molar-refractivity contribution in [2.75, 3.05) is 5.32 Å². The lowest BCUT2D eigenvalue weighted by molar-refractivity contribution is -0.120. The fourth-order valence-electron chi connectivity index (χ4n) is 4.27. The molecule has 0 unspecified atom stereocenters. The van der Waals surface area contributed by atoms with Crippen molar-refractivity contribution >= 4 is 33.4 Å². The van der Waals surface area contributed by atoms with Gasteiger partial charge in [0.25, 0.3) is 0 Å². The lowest BCUT2D eigenvalue weighted by Gasteiger charge is -2.20. The van der Waals surface area contributed by atoms with Gasteiger partial charge in [-0.2, -0.15) is 5.10 Å². The van der Waals surface area contributed by atoms with Crippen molar-refractivity contribution in [2.45, 2.75) is 39.0 Å². The molecule has 2 aromatic heterocycles. The number of rotatable bonds is 3. The molecule has 0 saturated heterocycles. The SMILES string of the molecule is Cc1ccc2cc(-c3n[nH]c4ccc(NC(=O)C5CCCCC5)cc34)[nH]c2c1. The Labute approximate surface area is 163 Å². The Morgan fingerprint density at radius 3 is 2.75 bits per heavy atom. The van der Waals surface area contributed by atoms with Crippen LogP contribution in [0.3, 0.4) is 0 Å². The number of H-pyrrole nitrogens is 2. The second-order valence-electron chi connectivity index (χ2n) is 7.93. The fourth-order valence-corrected chi connectivity index (χ4v) is 4.27. The highest BCUT2D eigenvalue weighted by Crippen LogP contribution is 2.31. The summed E-state index contributed by atoms with van der Waals surface area (Å²) in [6.07, 6.45) is 5.56. The summed E-state index contributed by atoms with van der Waals surface area (Å²) < 4.78 is 0. The summed E-state index contributed by atoms with van der Waals surface area (Å²) in [4.78, 5) is 16.1. The number of aromatic nitrogens is 3. The molecule has 1 saturated carbocycles. The molecular weight excluding hydrogens is 348 g/mol. The van der Waals surface area contributed by atoms with Crippen LogP contribution >= 0.6 is 0 Å². The summed E-state index contributed by atoms with van der Waals surface area (Å²) in [6, 6.07) is 14.4. The topological polar surface area (TPSA) is 73.6 Å². The molecule has 1 aliphatic carbocycles. The second kappa shape index (κ2) is 6.82. The molecular formula is C23H24N4O. The zero-order valence-corrected chi connectivity index (χ0v) is 16.0. The number of carbonyl (C=O) groups is 1. The number of hydrogen-bond acceptors (Lipinski definition) is 2. The maximum atomic E-state index is 12.6. The normalized spacial score (nSPS) is 15.3. The second-order valence-corrected chi connectivity index (χ2v) is 7.93. The number of anilines is 1. The van der Waals surface area contributed by atoms with Gasteiger partial charge in [0.2, 0.25) is 5.91 Å². The summed E-state index contributed by atoms with van der Waals surface area (Å²) in [6.45, 7) is 2.09. The van der Waals surface area contributed by atoms with Gasteiger partial charge in [-0.15, -0.1) is 0 Å². The van der Waals surface area contributed by atoms with Crippen LogP contribution in [0, 0.1) is 12.8 Å². The molecule has 1 aliphatic rings. The Morgan fingerprint density at radius 1 is 1.04 bits per heavy atom. The van der Waals surface area contributed by atoms with Gasteiger partial charge in [-0.3, -0.25) is 9.89 Å². The van der Waals surface area contributed by atoms with Crippen molar-refractivity contribution in [3.05, 3.63) is 48.0 Å². The maximum absolute atomic E-state index is 12.6. The van der Waals surface area contributed by atoms with E-state index in [2.05, 4.69) is 51.7 Å². The van der Waals surface area contributed by atoms with Gasteiger partial charge in [0, 0.05) is 27.9 Å². The fraction of sp³-hybridized carbons (Fsp3) is 0.304. The van der Waals surface area contributed by atoms with Gasteiger partial charge in [-0.1, -0.05) is 31.4 Å². The van der Waals surface area contributed by atoms with Crippen LogP contribution in [0.5, 0.6) is 0 Å². The average Bonchev–Trinajstić information content (AvgIpc) is 3.31. The zero-order chi connectivity index (χ0) is 19.1. The van der Waals surface area contributed by atoms with Crippen LogP contribution in [0.25, 0.3) is 33.2 Å². The molecule has 1 fully saturated rings. The smallest absolute Gasteiger partial charge is 0.227 e. The molecule has 5 nitrogen and oxygen atoms in total. The minimum atomic E-state index is 0.144. The number of carbonyl (C=O) groups excluding carboxylic acids is 1. The summed E-state index contributed by atoms with van der Waals surface area (Å²) in [5, 5.41) is 12.9. The lowest BCUT2D eigenvalue weighted by atomic mass is 9.88. The Kier molecular flexibility index (Phi) is 4.15. The van der Waals surface area contributed by atoms with E-state index in [0.29, 0.717) is 0 Å². The largest absolute Gasteiger partial charge is 0.353 e.